The third-order valence-electron chi connectivity index (χ3n) is 4.59. The lowest BCUT2D eigenvalue weighted by Gasteiger charge is -2.20. The number of ether oxygens (including phenoxy) is 2. The van der Waals surface area contributed by atoms with Gasteiger partial charge >= 0.3 is 11.9 Å². The first-order valence-corrected chi connectivity index (χ1v) is 11.5. The Kier molecular flexibility index (Phi) is 12.8. The molecule has 1 atom stereocenters. The fraction of sp³-hybridized carbons (Fsp3) is 0.600. The predicted molar refractivity (Wildman–Crippen MR) is 125 cm³/mol. The molecule has 33 heavy (non-hydrogen) atoms. The molecule has 0 saturated carbocycles. The quantitative estimate of drug-likeness (QED) is 0.324. The van der Waals surface area contributed by atoms with Gasteiger partial charge in [0.05, 0.1) is 0 Å². The molecule has 0 heterocycles. The van der Waals surface area contributed by atoms with Gasteiger partial charge in [-0.1, -0.05) is 43.2 Å². The summed E-state index contributed by atoms with van der Waals surface area (Å²) < 4.78 is 10.5. The van der Waals surface area contributed by atoms with Crippen LogP contribution in [0.25, 0.3) is 0 Å². The Hall–Kier alpha value is -2.90. The van der Waals surface area contributed by atoms with E-state index in [1.54, 1.807) is 20.8 Å². The number of carbonyl (C=O) groups excluding carboxylic acids is 4. The van der Waals surface area contributed by atoms with Crippen molar-refractivity contribution in [1.82, 2.24) is 10.6 Å². The normalized spacial score (nSPS) is 11.9. The van der Waals surface area contributed by atoms with Crippen LogP contribution in [0, 0.1) is 0 Å². The van der Waals surface area contributed by atoms with Crippen LogP contribution >= 0.6 is 0 Å². The minimum absolute atomic E-state index is 0.211. The van der Waals surface area contributed by atoms with E-state index in [0.29, 0.717) is 38.6 Å². The van der Waals surface area contributed by atoms with E-state index >= 15 is 0 Å². The predicted octanol–water partition coefficient (Wildman–Crippen LogP) is 3.42. The first kappa shape index (κ1) is 28.1. The van der Waals surface area contributed by atoms with Gasteiger partial charge in [-0.25, -0.2) is 0 Å². The summed E-state index contributed by atoms with van der Waals surface area (Å²) in [6.07, 6.45) is 3.52. The fourth-order valence-electron chi connectivity index (χ4n) is 3.08. The molecular formula is C25H38N2O6. The van der Waals surface area contributed by atoms with Crippen LogP contribution in [-0.2, 0) is 35.3 Å². The molecule has 0 bridgehead atoms. The fourth-order valence-corrected chi connectivity index (χ4v) is 3.08. The van der Waals surface area contributed by atoms with Crippen molar-refractivity contribution in [1.29, 1.82) is 0 Å². The smallest absolute Gasteiger partial charge is 0.306 e. The van der Waals surface area contributed by atoms with E-state index < -0.39 is 11.6 Å². The summed E-state index contributed by atoms with van der Waals surface area (Å²) in [5, 5.41) is 5.43. The lowest BCUT2D eigenvalue weighted by molar-refractivity contribution is -0.155. The van der Waals surface area contributed by atoms with Crippen LogP contribution < -0.4 is 10.6 Å². The number of rotatable bonds is 14. The average Bonchev–Trinajstić information content (AvgIpc) is 2.73. The van der Waals surface area contributed by atoms with Crippen molar-refractivity contribution in [2.45, 2.75) is 90.9 Å². The Bertz CT molecular complexity index is 758. The van der Waals surface area contributed by atoms with Crippen molar-refractivity contribution >= 4 is 23.8 Å². The minimum atomic E-state index is -0.644. The molecular weight excluding hydrogens is 424 g/mol. The lowest BCUT2D eigenvalue weighted by atomic mass is 10.1. The van der Waals surface area contributed by atoms with Gasteiger partial charge in [-0.15, -0.1) is 0 Å². The Morgan fingerprint density at radius 1 is 0.909 bits per heavy atom. The summed E-state index contributed by atoms with van der Waals surface area (Å²) in [5.74, 6) is -1.12. The van der Waals surface area contributed by atoms with Crippen LogP contribution in [0.15, 0.2) is 30.3 Å². The van der Waals surface area contributed by atoms with Crippen LogP contribution in [0.1, 0.15) is 78.2 Å². The molecule has 0 aromatic heterocycles. The second-order valence-corrected chi connectivity index (χ2v) is 8.98. The number of hydrogen-bond acceptors (Lipinski definition) is 6. The molecule has 8 heteroatoms. The summed E-state index contributed by atoms with van der Waals surface area (Å²) in [6.45, 7) is 7.36. The number of amides is 2. The number of carbonyl (C=O) groups is 4. The number of benzene rings is 1. The molecule has 0 aliphatic heterocycles. The van der Waals surface area contributed by atoms with E-state index in [2.05, 4.69) is 10.6 Å². The van der Waals surface area contributed by atoms with Crippen LogP contribution in [0.5, 0.6) is 0 Å². The number of nitrogens with one attached hydrogen (secondary N) is 2. The van der Waals surface area contributed by atoms with Gasteiger partial charge in [0.15, 0.2) is 0 Å². The zero-order valence-corrected chi connectivity index (χ0v) is 20.3. The molecule has 0 saturated heterocycles. The zero-order chi connectivity index (χ0) is 24.7. The highest BCUT2D eigenvalue weighted by Gasteiger charge is 2.19. The highest BCUT2D eigenvalue weighted by atomic mass is 16.6. The second kappa shape index (κ2) is 15.0. The molecule has 2 N–H and O–H groups in total. The van der Waals surface area contributed by atoms with Gasteiger partial charge in [-0.05, 0) is 45.6 Å². The Labute approximate surface area is 196 Å². The van der Waals surface area contributed by atoms with Crippen LogP contribution in [-0.4, -0.2) is 41.9 Å². The van der Waals surface area contributed by atoms with Gasteiger partial charge in [-0.2, -0.15) is 0 Å². The van der Waals surface area contributed by atoms with E-state index in [0.717, 1.165) is 12.0 Å². The largest absolute Gasteiger partial charge is 0.461 e. The molecule has 0 fully saturated rings. The number of hydrogen-bond donors (Lipinski definition) is 2. The molecule has 1 aromatic rings. The molecule has 0 spiro atoms. The standard InChI is InChI=1S/C25H38N2O6/c1-19(28)27-21(24(31)26-17-11-16-23(30)33-25(2,3)4)14-9-6-10-15-22(29)32-18-20-12-7-5-8-13-20/h5,7-8,12-13,21H,6,9-11,14-18H2,1-4H3,(H,26,31)(H,27,28)/t21-/m0/s1. The van der Waals surface area contributed by atoms with Gasteiger partial charge in [0.25, 0.3) is 0 Å². The third kappa shape index (κ3) is 14.7. The average molecular weight is 463 g/mol. The summed E-state index contributed by atoms with van der Waals surface area (Å²) in [5.41, 5.74) is 0.413. The summed E-state index contributed by atoms with van der Waals surface area (Å²) in [7, 11) is 0. The van der Waals surface area contributed by atoms with E-state index in [1.807, 2.05) is 30.3 Å². The van der Waals surface area contributed by atoms with E-state index in [1.165, 1.54) is 6.92 Å². The molecule has 0 radical (unpaired) electrons. The molecule has 8 nitrogen and oxygen atoms in total. The number of unbranched alkanes of at least 4 members (excludes halogenated alkanes) is 2. The number of esters is 2. The molecule has 1 rings (SSSR count). The lowest BCUT2D eigenvalue weighted by Crippen LogP contribution is -2.46. The van der Waals surface area contributed by atoms with Crippen LogP contribution in [0.4, 0.5) is 0 Å². The van der Waals surface area contributed by atoms with E-state index in [9.17, 15) is 19.2 Å². The van der Waals surface area contributed by atoms with Gasteiger partial charge in [0.1, 0.15) is 18.2 Å². The van der Waals surface area contributed by atoms with Crippen molar-refractivity contribution in [2.75, 3.05) is 6.54 Å². The first-order chi connectivity index (χ1) is 15.6. The topological polar surface area (TPSA) is 111 Å². The van der Waals surface area contributed by atoms with E-state index in [4.69, 9.17) is 9.47 Å². The maximum Gasteiger partial charge on any atom is 0.306 e. The van der Waals surface area contributed by atoms with Crippen molar-refractivity contribution < 1.29 is 28.7 Å². The van der Waals surface area contributed by atoms with Crippen molar-refractivity contribution in [3.63, 3.8) is 0 Å². The van der Waals surface area contributed by atoms with Crippen molar-refractivity contribution in [3.8, 4) is 0 Å². The van der Waals surface area contributed by atoms with Crippen LogP contribution in [0.3, 0.4) is 0 Å². The zero-order valence-electron chi connectivity index (χ0n) is 20.3. The van der Waals surface area contributed by atoms with Gasteiger partial charge < -0.3 is 20.1 Å². The van der Waals surface area contributed by atoms with Crippen molar-refractivity contribution in [3.05, 3.63) is 35.9 Å². The maximum absolute atomic E-state index is 12.4. The molecule has 2 amide bonds. The van der Waals surface area contributed by atoms with E-state index in [-0.39, 0.29) is 36.8 Å². The summed E-state index contributed by atoms with van der Waals surface area (Å²) in [4.78, 5) is 47.5. The molecule has 0 aliphatic carbocycles. The highest BCUT2D eigenvalue weighted by molar-refractivity contribution is 5.86. The second-order valence-electron chi connectivity index (χ2n) is 8.98. The van der Waals surface area contributed by atoms with Gasteiger partial charge in [-0.3, -0.25) is 19.2 Å². The SMILES string of the molecule is CC(=O)N[C@@H](CCCCCC(=O)OCc1ccccc1)C(=O)NCCCC(=O)OC(C)(C)C. The molecule has 184 valence electrons. The maximum atomic E-state index is 12.4. The first-order valence-electron chi connectivity index (χ1n) is 11.5. The van der Waals surface area contributed by atoms with Crippen LogP contribution in [0.2, 0.25) is 0 Å². The Balaban J connectivity index is 2.24. The monoisotopic (exact) mass is 462 g/mol. The molecule has 0 aliphatic rings. The highest BCUT2D eigenvalue weighted by Crippen LogP contribution is 2.10. The Morgan fingerprint density at radius 3 is 2.21 bits per heavy atom. The summed E-state index contributed by atoms with van der Waals surface area (Å²) >= 11 is 0. The van der Waals surface area contributed by atoms with Gasteiger partial charge in [0.2, 0.25) is 11.8 Å². The van der Waals surface area contributed by atoms with Crippen molar-refractivity contribution in [2.24, 2.45) is 0 Å². The minimum Gasteiger partial charge on any atom is -0.461 e. The third-order valence-corrected chi connectivity index (χ3v) is 4.59. The van der Waals surface area contributed by atoms with Gasteiger partial charge in [0, 0.05) is 26.3 Å². The molecule has 0 unspecified atom stereocenters. The molecule has 1 aromatic carbocycles. The Morgan fingerprint density at radius 2 is 1.58 bits per heavy atom. The summed E-state index contributed by atoms with van der Waals surface area (Å²) in [6, 6.07) is 8.85.